The average Bonchev–Trinajstić information content (AvgIpc) is 3.10. The molecule has 8 heteroatoms. The van der Waals surface area contributed by atoms with Crippen molar-refractivity contribution in [3.8, 4) is 6.07 Å². The van der Waals surface area contributed by atoms with Crippen LogP contribution in [0.2, 0.25) is 10.0 Å². The zero-order valence-electron chi connectivity index (χ0n) is 12.3. The van der Waals surface area contributed by atoms with Gasteiger partial charge in [-0.15, -0.1) is 11.3 Å². The molecular weight excluding hydrogens is 385 g/mol. The number of nitrogens with zero attached hydrogens (tertiary/aromatic N) is 1. The summed E-state index contributed by atoms with van der Waals surface area (Å²) in [6.07, 6.45) is 2.96. The molecule has 1 aromatic heterocycles. The number of nitriles is 1. The summed E-state index contributed by atoms with van der Waals surface area (Å²) in [6.45, 7) is 0. The summed E-state index contributed by atoms with van der Waals surface area (Å²) in [5, 5.41) is 16.1. The molecule has 0 spiro atoms. The lowest BCUT2D eigenvalue weighted by atomic mass is 10.1. The van der Waals surface area contributed by atoms with Gasteiger partial charge >= 0.3 is 0 Å². The zero-order chi connectivity index (χ0) is 17.3. The van der Waals surface area contributed by atoms with Crippen LogP contribution in [0.3, 0.4) is 0 Å². The topological polar surface area (TPSA) is 64.9 Å². The number of hydrogen-bond acceptors (Lipinski definition) is 4. The summed E-state index contributed by atoms with van der Waals surface area (Å²) >= 11 is 18.6. The molecule has 3 rings (SSSR count). The molecule has 24 heavy (non-hydrogen) atoms. The summed E-state index contributed by atoms with van der Waals surface area (Å²) in [5.41, 5.74) is 1.95. The summed E-state index contributed by atoms with van der Waals surface area (Å²) in [5.74, 6) is -0.456. The number of rotatable bonds is 2. The van der Waals surface area contributed by atoms with Crippen molar-refractivity contribution in [2.24, 2.45) is 0 Å². The first-order valence-corrected chi connectivity index (χ1v) is 9.10. The minimum absolute atomic E-state index is 0.118. The molecule has 0 fully saturated rings. The van der Waals surface area contributed by atoms with Crippen LogP contribution in [-0.4, -0.2) is 11.0 Å². The van der Waals surface area contributed by atoms with E-state index in [9.17, 15) is 10.1 Å². The molecule has 0 unspecified atom stereocenters. The van der Waals surface area contributed by atoms with E-state index in [0.29, 0.717) is 15.6 Å². The van der Waals surface area contributed by atoms with E-state index in [1.54, 1.807) is 18.2 Å². The second-order valence-corrected chi connectivity index (χ2v) is 7.48. The van der Waals surface area contributed by atoms with Gasteiger partial charge in [0.25, 0.3) is 5.91 Å². The molecule has 0 atom stereocenters. The van der Waals surface area contributed by atoms with Crippen LogP contribution in [-0.2, 0) is 12.8 Å². The van der Waals surface area contributed by atoms with E-state index in [1.165, 1.54) is 16.2 Å². The van der Waals surface area contributed by atoms with Crippen molar-refractivity contribution in [1.29, 1.82) is 5.26 Å². The average molecular weight is 396 g/mol. The Balaban J connectivity index is 1.74. The quantitative estimate of drug-likeness (QED) is 0.732. The van der Waals surface area contributed by atoms with Crippen LogP contribution in [0.15, 0.2) is 18.2 Å². The van der Waals surface area contributed by atoms with Gasteiger partial charge in [-0.25, -0.2) is 0 Å². The Morgan fingerprint density at radius 1 is 1.33 bits per heavy atom. The zero-order valence-corrected chi connectivity index (χ0v) is 15.4. The molecule has 0 saturated carbocycles. The highest BCUT2D eigenvalue weighted by molar-refractivity contribution is 7.80. The number of hydrogen-bond donors (Lipinski definition) is 2. The van der Waals surface area contributed by atoms with Gasteiger partial charge in [-0.3, -0.25) is 10.1 Å². The Hall–Kier alpha value is -1.65. The number of thiophene rings is 1. The predicted octanol–water partition coefficient (Wildman–Crippen LogP) is 4.54. The molecular formula is C16H11Cl2N3OS2. The van der Waals surface area contributed by atoms with Crippen LogP contribution >= 0.6 is 46.8 Å². The van der Waals surface area contributed by atoms with Crippen molar-refractivity contribution in [2.75, 3.05) is 5.32 Å². The van der Waals surface area contributed by atoms with E-state index in [2.05, 4.69) is 16.7 Å². The van der Waals surface area contributed by atoms with Crippen molar-refractivity contribution in [1.82, 2.24) is 5.32 Å². The normalized spacial score (nSPS) is 12.4. The molecule has 0 saturated heterocycles. The Bertz CT molecular complexity index is 886. The molecule has 0 radical (unpaired) electrons. The molecule has 1 aliphatic carbocycles. The minimum atomic E-state index is -0.456. The predicted molar refractivity (Wildman–Crippen MR) is 101 cm³/mol. The van der Waals surface area contributed by atoms with E-state index in [0.717, 1.165) is 24.8 Å². The number of thiocarbonyl (C=S) groups is 1. The van der Waals surface area contributed by atoms with Gasteiger partial charge in [-0.1, -0.05) is 29.3 Å². The minimum Gasteiger partial charge on any atom is -0.323 e. The molecule has 1 aromatic carbocycles. The molecule has 1 aliphatic rings. The van der Waals surface area contributed by atoms with Crippen molar-refractivity contribution >= 4 is 62.8 Å². The Morgan fingerprint density at radius 3 is 2.88 bits per heavy atom. The Morgan fingerprint density at radius 2 is 2.12 bits per heavy atom. The summed E-state index contributed by atoms with van der Waals surface area (Å²) in [6, 6.07) is 7.02. The number of halogens is 2. The Labute approximate surface area is 158 Å². The highest BCUT2D eigenvalue weighted by atomic mass is 35.5. The third-order valence-corrected chi connectivity index (χ3v) is 5.91. The van der Waals surface area contributed by atoms with Crippen molar-refractivity contribution < 1.29 is 4.79 Å². The van der Waals surface area contributed by atoms with Gasteiger partial charge in [0.2, 0.25) is 0 Å². The third kappa shape index (κ3) is 3.26. The lowest BCUT2D eigenvalue weighted by molar-refractivity contribution is 0.0978. The van der Waals surface area contributed by atoms with E-state index >= 15 is 0 Å². The highest BCUT2D eigenvalue weighted by Crippen LogP contribution is 2.38. The maximum absolute atomic E-state index is 12.3. The fourth-order valence-electron chi connectivity index (χ4n) is 2.59. The van der Waals surface area contributed by atoms with Crippen LogP contribution < -0.4 is 10.6 Å². The lowest BCUT2D eigenvalue weighted by Crippen LogP contribution is -2.34. The summed E-state index contributed by atoms with van der Waals surface area (Å²) < 4.78 is 0. The van der Waals surface area contributed by atoms with Crippen LogP contribution in [0.5, 0.6) is 0 Å². The smallest absolute Gasteiger partial charge is 0.258 e. The van der Waals surface area contributed by atoms with Crippen molar-refractivity contribution in [3.63, 3.8) is 0 Å². The summed E-state index contributed by atoms with van der Waals surface area (Å²) in [7, 11) is 0. The fourth-order valence-corrected chi connectivity index (χ4v) is 4.48. The fraction of sp³-hybridized carbons (Fsp3) is 0.188. The van der Waals surface area contributed by atoms with Crippen LogP contribution in [0.1, 0.15) is 32.8 Å². The number of carbonyl (C=O) groups is 1. The van der Waals surface area contributed by atoms with Gasteiger partial charge in [0.05, 0.1) is 21.2 Å². The van der Waals surface area contributed by atoms with Crippen LogP contribution in [0.4, 0.5) is 5.00 Å². The monoisotopic (exact) mass is 395 g/mol. The third-order valence-electron chi connectivity index (χ3n) is 3.68. The lowest BCUT2D eigenvalue weighted by Gasteiger charge is -2.10. The molecule has 122 valence electrons. The molecule has 4 nitrogen and oxygen atoms in total. The second-order valence-electron chi connectivity index (χ2n) is 5.18. The number of benzene rings is 1. The molecule has 0 bridgehead atoms. The van der Waals surface area contributed by atoms with Crippen LogP contribution in [0, 0.1) is 11.3 Å². The van der Waals surface area contributed by atoms with Crippen molar-refractivity contribution in [3.05, 3.63) is 49.8 Å². The summed E-state index contributed by atoms with van der Waals surface area (Å²) in [4.78, 5) is 13.5. The van der Waals surface area contributed by atoms with Gasteiger partial charge in [-0.05, 0) is 49.2 Å². The van der Waals surface area contributed by atoms with E-state index < -0.39 is 5.91 Å². The second kappa shape index (κ2) is 7.08. The van der Waals surface area contributed by atoms with Gasteiger partial charge in [-0.2, -0.15) is 5.26 Å². The van der Waals surface area contributed by atoms with Gasteiger partial charge < -0.3 is 5.32 Å². The number of fused-ring (bicyclic) bond motifs is 1. The van der Waals surface area contributed by atoms with E-state index in [1.807, 2.05) is 0 Å². The Kier molecular flexibility index (Phi) is 5.07. The van der Waals surface area contributed by atoms with Gasteiger partial charge in [0.15, 0.2) is 5.11 Å². The number of anilines is 1. The maximum Gasteiger partial charge on any atom is 0.258 e. The number of nitrogens with one attached hydrogen (secondary N) is 2. The van der Waals surface area contributed by atoms with Crippen LogP contribution in [0.25, 0.3) is 0 Å². The maximum atomic E-state index is 12.3. The molecule has 2 N–H and O–H groups in total. The molecule has 1 heterocycles. The first-order chi connectivity index (χ1) is 11.5. The first-order valence-electron chi connectivity index (χ1n) is 7.12. The van der Waals surface area contributed by atoms with E-state index in [4.69, 9.17) is 35.4 Å². The highest BCUT2D eigenvalue weighted by Gasteiger charge is 2.23. The number of carbonyl (C=O) groups excluding carboxylic acids is 1. The van der Waals surface area contributed by atoms with E-state index in [-0.39, 0.29) is 15.7 Å². The molecule has 0 aliphatic heterocycles. The molecule has 2 aromatic rings. The molecule has 1 amide bonds. The van der Waals surface area contributed by atoms with Gasteiger partial charge in [0.1, 0.15) is 11.1 Å². The standard InChI is InChI=1S/C16H11Cl2N3OS2/c17-11-5-1-4-9(13(11)18)14(22)20-16(23)21-15-10(7-19)8-3-2-6-12(8)24-15/h1,4-5H,2-3,6H2,(H2,20,21,22,23). The number of amides is 1. The van der Waals surface area contributed by atoms with Crippen molar-refractivity contribution in [2.45, 2.75) is 19.3 Å². The van der Waals surface area contributed by atoms with Gasteiger partial charge in [0, 0.05) is 4.88 Å². The largest absolute Gasteiger partial charge is 0.323 e. The SMILES string of the molecule is N#Cc1c(NC(=S)NC(=O)c2cccc(Cl)c2Cl)sc2c1CCC2. The first kappa shape index (κ1) is 17.2. The number of aryl methyl sites for hydroxylation is 1.